The minimum absolute atomic E-state index is 0.0749. The predicted octanol–water partition coefficient (Wildman–Crippen LogP) is 3.02. The highest BCUT2D eigenvalue weighted by atomic mass is 16.7. The first kappa shape index (κ1) is 19.1. The number of nitrogens with one attached hydrogen (secondary N) is 1. The molecule has 1 N–H and O–H groups in total. The molecule has 170 valence electrons. The molecule has 1 aromatic heterocycles. The number of aromatic nitrogens is 4. The minimum atomic E-state index is 0.0749. The molecule has 1 saturated heterocycles. The number of aryl methyl sites for hydroxylation is 1. The summed E-state index contributed by atoms with van der Waals surface area (Å²) in [6.07, 6.45) is 10.0. The lowest BCUT2D eigenvalue weighted by molar-refractivity contribution is -0.0890. The third-order valence-electron chi connectivity index (χ3n) is 8.69. The Kier molecular flexibility index (Phi) is 4.08. The molecule has 8 rings (SSSR count). The molecule has 4 bridgehead atoms. The third-order valence-corrected chi connectivity index (χ3v) is 8.69. The predicted molar refractivity (Wildman–Crippen MR) is 119 cm³/mol. The van der Waals surface area contributed by atoms with Crippen molar-refractivity contribution >= 4 is 5.69 Å². The number of hydrogen-bond donors (Lipinski definition) is 1. The number of tetrazole rings is 1. The summed E-state index contributed by atoms with van der Waals surface area (Å²) in [5, 5.41) is 17.6. The van der Waals surface area contributed by atoms with Crippen LogP contribution in [0.2, 0.25) is 0 Å². The van der Waals surface area contributed by atoms with E-state index in [1.807, 2.05) is 17.8 Å². The maximum Gasteiger partial charge on any atom is 0.231 e. The van der Waals surface area contributed by atoms with Gasteiger partial charge >= 0.3 is 0 Å². The number of benzene rings is 1. The first-order valence-corrected chi connectivity index (χ1v) is 12.3. The van der Waals surface area contributed by atoms with Crippen LogP contribution in [-0.4, -0.2) is 51.7 Å². The summed E-state index contributed by atoms with van der Waals surface area (Å²) in [4.78, 5) is 4.49. The summed E-state index contributed by atoms with van der Waals surface area (Å²) >= 11 is 0. The van der Waals surface area contributed by atoms with Gasteiger partial charge in [0, 0.05) is 36.4 Å². The number of anilines is 1. The van der Waals surface area contributed by atoms with Crippen LogP contribution >= 0.6 is 0 Å². The van der Waals surface area contributed by atoms with Crippen LogP contribution in [0.15, 0.2) is 18.2 Å². The Morgan fingerprint density at radius 2 is 1.81 bits per heavy atom. The van der Waals surface area contributed by atoms with Gasteiger partial charge < -0.3 is 19.7 Å². The quantitative estimate of drug-likeness (QED) is 0.789. The fourth-order valence-corrected chi connectivity index (χ4v) is 7.90. The first-order chi connectivity index (χ1) is 15.6. The largest absolute Gasteiger partial charge is 0.454 e. The molecule has 2 unspecified atom stereocenters. The minimum Gasteiger partial charge on any atom is -0.454 e. The lowest BCUT2D eigenvalue weighted by atomic mass is 9.50. The van der Waals surface area contributed by atoms with E-state index in [1.54, 1.807) is 0 Å². The van der Waals surface area contributed by atoms with E-state index < -0.39 is 0 Å². The van der Waals surface area contributed by atoms with Crippen molar-refractivity contribution in [1.29, 1.82) is 0 Å². The Balaban J connectivity index is 1.06. The standard InChI is InChI=1S/C24H32N6O2/c1-16-26-28-30(27-16)24-12-17-8-18(13-24)11-23(10-17,14-24)25-19-4-6-29(7-5-19)20-2-3-21-22(9-20)32-15-31-21/h2-3,9,17-19,25H,4-8,10-15H2,1H3. The maximum atomic E-state index is 5.58. The van der Waals surface area contributed by atoms with Gasteiger partial charge in [-0.25, -0.2) is 0 Å². The van der Waals surface area contributed by atoms with Crippen LogP contribution in [0.3, 0.4) is 0 Å². The van der Waals surface area contributed by atoms with Gasteiger partial charge in [0.1, 0.15) is 0 Å². The van der Waals surface area contributed by atoms with Gasteiger partial charge in [-0.3, -0.25) is 0 Å². The normalized spacial score (nSPS) is 35.6. The van der Waals surface area contributed by atoms with Crippen LogP contribution in [0.25, 0.3) is 0 Å². The highest BCUT2D eigenvalue weighted by Gasteiger charge is 2.60. The summed E-state index contributed by atoms with van der Waals surface area (Å²) in [5.41, 5.74) is 1.57. The lowest BCUT2D eigenvalue weighted by Crippen LogP contribution is -2.67. The van der Waals surface area contributed by atoms with Crippen molar-refractivity contribution in [2.45, 2.75) is 75.4 Å². The smallest absolute Gasteiger partial charge is 0.231 e. The second-order valence-electron chi connectivity index (χ2n) is 11.0. The molecule has 4 saturated carbocycles. The van der Waals surface area contributed by atoms with Gasteiger partial charge in [0.25, 0.3) is 0 Å². The van der Waals surface area contributed by atoms with Gasteiger partial charge in [0.15, 0.2) is 17.3 Å². The van der Waals surface area contributed by atoms with Crippen molar-refractivity contribution in [2.24, 2.45) is 11.8 Å². The Hall–Kier alpha value is -2.35. The molecule has 3 heterocycles. The van der Waals surface area contributed by atoms with Gasteiger partial charge in [-0.2, -0.15) is 4.80 Å². The molecule has 4 aliphatic carbocycles. The molecule has 5 fully saturated rings. The van der Waals surface area contributed by atoms with E-state index in [1.165, 1.54) is 50.6 Å². The zero-order valence-corrected chi connectivity index (χ0v) is 18.8. The van der Waals surface area contributed by atoms with E-state index in [0.29, 0.717) is 12.8 Å². The molecule has 6 aliphatic rings. The van der Waals surface area contributed by atoms with Crippen LogP contribution in [0.5, 0.6) is 11.5 Å². The Labute approximate surface area is 188 Å². The molecule has 0 amide bonds. The van der Waals surface area contributed by atoms with E-state index in [2.05, 4.69) is 37.8 Å². The van der Waals surface area contributed by atoms with Gasteiger partial charge in [-0.1, -0.05) is 0 Å². The van der Waals surface area contributed by atoms with Crippen molar-refractivity contribution in [2.75, 3.05) is 24.8 Å². The molecule has 2 aromatic rings. The summed E-state index contributed by atoms with van der Waals surface area (Å²) in [6.45, 7) is 4.44. The molecule has 2 atom stereocenters. The molecule has 32 heavy (non-hydrogen) atoms. The second-order valence-corrected chi connectivity index (χ2v) is 11.0. The summed E-state index contributed by atoms with van der Waals surface area (Å²) < 4.78 is 11.0. The lowest BCUT2D eigenvalue weighted by Gasteiger charge is -2.62. The second kappa shape index (κ2) is 6.83. The molecule has 1 aromatic carbocycles. The first-order valence-electron chi connectivity index (χ1n) is 12.3. The number of piperidine rings is 1. The molecule has 8 nitrogen and oxygen atoms in total. The van der Waals surface area contributed by atoms with Crippen LogP contribution in [-0.2, 0) is 5.54 Å². The molecule has 0 spiro atoms. The van der Waals surface area contributed by atoms with Crippen LogP contribution in [0.4, 0.5) is 5.69 Å². The zero-order chi connectivity index (χ0) is 21.3. The van der Waals surface area contributed by atoms with Crippen LogP contribution < -0.4 is 19.7 Å². The number of hydrogen-bond acceptors (Lipinski definition) is 7. The Morgan fingerprint density at radius 3 is 2.56 bits per heavy atom. The highest BCUT2D eigenvalue weighted by Crippen LogP contribution is 2.60. The Morgan fingerprint density at radius 1 is 1.03 bits per heavy atom. The van der Waals surface area contributed by atoms with Gasteiger partial charge in [0.2, 0.25) is 6.79 Å². The summed E-state index contributed by atoms with van der Waals surface area (Å²) in [7, 11) is 0. The van der Waals surface area contributed by atoms with Crippen molar-refractivity contribution in [3.05, 3.63) is 24.0 Å². The van der Waals surface area contributed by atoms with Crippen molar-refractivity contribution in [1.82, 2.24) is 25.5 Å². The van der Waals surface area contributed by atoms with Crippen molar-refractivity contribution in [3.8, 4) is 11.5 Å². The zero-order valence-electron chi connectivity index (χ0n) is 18.8. The molecular weight excluding hydrogens is 404 g/mol. The van der Waals surface area contributed by atoms with Crippen LogP contribution in [0.1, 0.15) is 57.2 Å². The highest BCUT2D eigenvalue weighted by molar-refractivity contribution is 5.57. The summed E-state index contributed by atoms with van der Waals surface area (Å²) in [5.74, 6) is 4.11. The van der Waals surface area contributed by atoms with E-state index in [9.17, 15) is 0 Å². The number of ether oxygens (including phenoxy) is 2. The Bertz CT molecular complexity index is 1020. The molecule has 8 heteroatoms. The van der Waals surface area contributed by atoms with Gasteiger partial charge in [-0.15, -0.1) is 10.2 Å². The average molecular weight is 437 g/mol. The van der Waals surface area contributed by atoms with Crippen LogP contribution in [0, 0.1) is 18.8 Å². The van der Waals surface area contributed by atoms with Gasteiger partial charge in [-0.05, 0) is 87.5 Å². The van der Waals surface area contributed by atoms with E-state index in [-0.39, 0.29) is 11.1 Å². The number of fused-ring (bicyclic) bond motifs is 1. The van der Waals surface area contributed by atoms with Crippen molar-refractivity contribution in [3.63, 3.8) is 0 Å². The molecular formula is C24H32N6O2. The fourth-order valence-electron chi connectivity index (χ4n) is 7.90. The summed E-state index contributed by atoms with van der Waals surface area (Å²) in [6, 6.07) is 6.92. The van der Waals surface area contributed by atoms with E-state index in [4.69, 9.17) is 9.47 Å². The average Bonchev–Trinajstić information content (AvgIpc) is 3.42. The third kappa shape index (κ3) is 3.02. The fraction of sp³-hybridized carbons (Fsp3) is 0.708. The number of nitrogens with zero attached hydrogens (tertiary/aromatic N) is 5. The molecule has 2 aliphatic heterocycles. The number of rotatable bonds is 4. The van der Waals surface area contributed by atoms with E-state index >= 15 is 0 Å². The topological polar surface area (TPSA) is 77.3 Å². The van der Waals surface area contributed by atoms with E-state index in [0.717, 1.165) is 48.7 Å². The van der Waals surface area contributed by atoms with Gasteiger partial charge in [0.05, 0.1) is 5.54 Å². The van der Waals surface area contributed by atoms with Crippen molar-refractivity contribution < 1.29 is 9.47 Å². The SMILES string of the molecule is Cc1nnn(C23CC4CC(CC(NC5CCN(c6ccc7c(c6)OCO7)CC5)(C4)C2)C3)n1. The maximum absolute atomic E-state index is 5.58. The molecule has 0 radical (unpaired) electrons. The monoisotopic (exact) mass is 436 g/mol.